The van der Waals surface area contributed by atoms with Crippen LogP contribution in [0.3, 0.4) is 0 Å². The van der Waals surface area contributed by atoms with Crippen LogP contribution in [0.4, 0.5) is 0 Å². The summed E-state index contributed by atoms with van der Waals surface area (Å²) in [6, 6.07) is 8.79. The molecule has 0 aliphatic heterocycles. The van der Waals surface area contributed by atoms with Crippen LogP contribution in [0.1, 0.15) is 29.9 Å². The molecule has 12 heavy (non-hydrogen) atoms. The van der Waals surface area contributed by atoms with Gasteiger partial charge in [0, 0.05) is 0 Å². The monoisotopic (exact) mass is 178 g/mol. The van der Waals surface area contributed by atoms with E-state index in [1.807, 2.05) is 0 Å². The molecule has 2 rings (SSSR count). The number of benzene rings is 1. The fourth-order valence-corrected chi connectivity index (χ4v) is 1.92. The van der Waals surface area contributed by atoms with E-state index in [0.717, 1.165) is 18.1 Å². The molecule has 64 valence electrons. The van der Waals surface area contributed by atoms with Crippen molar-refractivity contribution in [3.8, 4) is 0 Å². The molecule has 1 aromatic carbocycles. The van der Waals surface area contributed by atoms with E-state index in [1.54, 1.807) is 5.56 Å². The number of thiol groups is 1. The van der Waals surface area contributed by atoms with Gasteiger partial charge in [-0.1, -0.05) is 24.3 Å². The highest BCUT2D eigenvalue weighted by Gasteiger charge is 2.24. The van der Waals surface area contributed by atoms with Crippen molar-refractivity contribution in [2.45, 2.75) is 25.2 Å². The van der Waals surface area contributed by atoms with Crippen LogP contribution < -0.4 is 0 Å². The quantitative estimate of drug-likeness (QED) is 0.676. The molecule has 0 aromatic heterocycles. The lowest BCUT2D eigenvalue weighted by Gasteiger charge is -2.05. The van der Waals surface area contributed by atoms with Gasteiger partial charge in [0.25, 0.3) is 0 Å². The summed E-state index contributed by atoms with van der Waals surface area (Å²) in [5.74, 6) is 1.84. The van der Waals surface area contributed by atoms with Gasteiger partial charge in [-0.05, 0) is 42.1 Å². The Morgan fingerprint density at radius 2 is 2.00 bits per heavy atom. The highest BCUT2D eigenvalue weighted by molar-refractivity contribution is 7.80. The molecule has 0 unspecified atom stereocenters. The summed E-state index contributed by atoms with van der Waals surface area (Å²) in [6.45, 7) is 0. The van der Waals surface area contributed by atoms with Crippen molar-refractivity contribution < 1.29 is 0 Å². The number of hydrogen-bond donors (Lipinski definition) is 1. The van der Waals surface area contributed by atoms with Gasteiger partial charge in [-0.15, -0.1) is 0 Å². The van der Waals surface area contributed by atoms with E-state index < -0.39 is 0 Å². The Balaban J connectivity index is 2.24. The summed E-state index contributed by atoms with van der Waals surface area (Å²) >= 11 is 4.27. The highest BCUT2D eigenvalue weighted by atomic mass is 32.1. The highest BCUT2D eigenvalue weighted by Crippen LogP contribution is 2.41. The molecule has 1 heteroatoms. The van der Waals surface area contributed by atoms with Gasteiger partial charge in [0.1, 0.15) is 0 Å². The third-order valence-corrected chi connectivity index (χ3v) is 2.68. The number of rotatable bonds is 3. The largest absolute Gasteiger partial charge is 0.179 e. The van der Waals surface area contributed by atoms with Gasteiger partial charge in [0.2, 0.25) is 0 Å². The topological polar surface area (TPSA) is 0 Å². The van der Waals surface area contributed by atoms with Crippen molar-refractivity contribution in [1.29, 1.82) is 0 Å². The minimum Gasteiger partial charge on any atom is -0.179 e. The zero-order valence-corrected chi connectivity index (χ0v) is 8.06. The van der Waals surface area contributed by atoms with Crippen molar-refractivity contribution in [3.05, 3.63) is 35.4 Å². The first-order chi connectivity index (χ1) is 5.92. The lowest BCUT2D eigenvalue weighted by molar-refractivity contribution is 1.04. The van der Waals surface area contributed by atoms with Crippen molar-refractivity contribution in [1.82, 2.24) is 0 Å². The van der Waals surface area contributed by atoms with Gasteiger partial charge in [-0.25, -0.2) is 0 Å². The summed E-state index contributed by atoms with van der Waals surface area (Å²) < 4.78 is 0. The van der Waals surface area contributed by atoms with Crippen LogP contribution >= 0.6 is 12.6 Å². The smallest absolute Gasteiger partial charge is 0.00573 e. The van der Waals surface area contributed by atoms with E-state index in [2.05, 4.69) is 36.9 Å². The Bertz CT molecular complexity index is 263. The Labute approximate surface area is 79.4 Å². The molecule has 0 heterocycles. The molecule has 0 N–H and O–H groups in total. The minimum atomic E-state index is 0.876. The Kier molecular flexibility index (Phi) is 2.40. The lowest BCUT2D eigenvalue weighted by atomic mass is 10.0. The maximum atomic E-state index is 4.27. The maximum Gasteiger partial charge on any atom is -0.00573 e. The number of hydrogen-bond acceptors (Lipinski definition) is 1. The SMILES string of the molecule is SCCc1ccccc1C1CC1. The van der Waals surface area contributed by atoms with Crippen LogP contribution in [0.25, 0.3) is 0 Å². The second-order valence-electron chi connectivity index (χ2n) is 3.45. The van der Waals surface area contributed by atoms with Crippen LogP contribution in [0.5, 0.6) is 0 Å². The predicted molar refractivity (Wildman–Crippen MR) is 56.0 cm³/mol. The third-order valence-electron chi connectivity index (χ3n) is 2.45. The van der Waals surface area contributed by atoms with E-state index in [4.69, 9.17) is 0 Å². The maximum absolute atomic E-state index is 4.27. The fraction of sp³-hybridized carbons (Fsp3) is 0.455. The van der Waals surface area contributed by atoms with Gasteiger partial charge in [-0.2, -0.15) is 12.6 Å². The summed E-state index contributed by atoms with van der Waals surface area (Å²) in [4.78, 5) is 0. The van der Waals surface area contributed by atoms with Crippen molar-refractivity contribution in [2.24, 2.45) is 0 Å². The zero-order valence-electron chi connectivity index (χ0n) is 7.16. The lowest BCUT2D eigenvalue weighted by Crippen LogP contribution is -1.92. The Morgan fingerprint density at radius 3 is 2.67 bits per heavy atom. The molecule has 0 saturated heterocycles. The average molecular weight is 178 g/mol. The normalized spacial score (nSPS) is 16.4. The number of aryl methyl sites for hydroxylation is 1. The Morgan fingerprint density at radius 1 is 1.25 bits per heavy atom. The first-order valence-corrected chi connectivity index (χ1v) is 5.23. The second kappa shape index (κ2) is 3.53. The molecule has 1 saturated carbocycles. The molecule has 0 radical (unpaired) electrons. The van der Waals surface area contributed by atoms with E-state index in [0.29, 0.717) is 0 Å². The molecule has 0 amide bonds. The fourth-order valence-electron chi connectivity index (χ4n) is 1.67. The van der Waals surface area contributed by atoms with E-state index in [9.17, 15) is 0 Å². The van der Waals surface area contributed by atoms with Crippen LogP contribution in [0, 0.1) is 0 Å². The summed E-state index contributed by atoms with van der Waals surface area (Å²) in [6.07, 6.45) is 3.91. The molecule has 1 fully saturated rings. The van der Waals surface area contributed by atoms with Crippen LogP contribution in [-0.4, -0.2) is 5.75 Å². The van der Waals surface area contributed by atoms with Crippen LogP contribution in [0.2, 0.25) is 0 Å². The van der Waals surface area contributed by atoms with Crippen LogP contribution in [0.15, 0.2) is 24.3 Å². The molecular weight excluding hydrogens is 164 g/mol. The zero-order chi connectivity index (χ0) is 8.39. The van der Waals surface area contributed by atoms with E-state index in [1.165, 1.54) is 18.4 Å². The molecule has 1 aliphatic rings. The van der Waals surface area contributed by atoms with Crippen molar-refractivity contribution in [3.63, 3.8) is 0 Å². The molecular formula is C11H14S. The second-order valence-corrected chi connectivity index (χ2v) is 3.89. The van der Waals surface area contributed by atoms with E-state index >= 15 is 0 Å². The third kappa shape index (κ3) is 1.66. The summed E-state index contributed by atoms with van der Waals surface area (Å²) in [7, 11) is 0. The van der Waals surface area contributed by atoms with E-state index in [-0.39, 0.29) is 0 Å². The summed E-state index contributed by atoms with van der Waals surface area (Å²) in [5, 5.41) is 0. The molecule has 0 nitrogen and oxygen atoms in total. The molecule has 1 aromatic rings. The van der Waals surface area contributed by atoms with Crippen molar-refractivity contribution >= 4 is 12.6 Å². The molecule has 0 bridgehead atoms. The standard InChI is InChI=1S/C11H14S/c12-8-7-9-3-1-2-4-11(9)10-5-6-10/h1-4,10,12H,5-8H2. The first kappa shape index (κ1) is 8.18. The first-order valence-electron chi connectivity index (χ1n) is 4.60. The average Bonchev–Trinajstić information content (AvgIpc) is 2.89. The molecule has 1 aliphatic carbocycles. The van der Waals surface area contributed by atoms with Gasteiger partial charge < -0.3 is 0 Å². The van der Waals surface area contributed by atoms with Gasteiger partial charge in [0.05, 0.1) is 0 Å². The molecule has 0 spiro atoms. The minimum absolute atomic E-state index is 0.876. The predicted octanol–water partition coefficient (Wildman–Crippen LogP) is 3.04. The van der Waals surface area contributed by atoms with Gasteiger partial charge in [-0.3, -0.25) is 0 Å². The van der Waals surface area contributed by atoms with Gasteiger partial charge >= 0.3 is 0 Å². The Hall–Kier alpha value is -0.430. The van der Waals surface area contributed by atoms with Crippen LogP contribution in [-0.2, 0) is 6.42 Å². The molecule has 0 atom stereocenters. The van der Waals surface area contributed by atoms with Gasteiger partial charge in [0.15, 0.2) is 0 Å². The summed E-state index contributed by atoms with van der Waals surface area (Å²) in [5.41, 5.74) is 3.08. The van der Waals surface area contributed by atoms with Crippen molar-refractivity contribution in [2.75, 3.05) is 5.75 Å².